The first kappa shape index (κ1) is 18.5. The average molecular weight is 384 g/mol. The van der Waals surface area contributed by atoms with Crippen molar-refractivity contribution in [2.75, 3.05) is 16.0 Å². The van der Waals surface area contributed by atoms with Gasteiger partial charge in [0.2, 0.25) is 0 Å². The number of rotatable bonds is 5. The van der Waals surface area contributed by atoms with Crippen molar-refractivity contribution in [2.45, 2.75) is 13.5 Å². The number of urea groups is 1. The Balaban J connectivity index is 1.74. The number of amides is 3. The zero-order valence-electron chi connectivity index (χ0n) is 14.6. The molecule has 0 saturated carbocycles. The molecule has 0 aliphatic rings. The van der Waals surface area contributed by atoms with Crippen LogP contribution in [-0.4, -0.2) is 21.7 Å². The second-order valence-corrected chi connectivity index (χ2v) is 6.09. The van der Waals surface area contributed by atoms with Gasteiger partial charge in [-0.15, -0.1) is 0 Å². The van der Waals surface area contributed by atoms with Crippen LogP contribution in [0.1, 0.15) is 17.4 Å². The third kappa shape index (κ3) is 4.86. The Morgan fingerprint density at radius 2 is 1.63 bits per heavy atom. The van der Waals surface area contributed by atoms with Gasteiger partial charge >= 0.3 is 6.03 Å². The predicted molar refractivity (Wildman–Crippen MR) is 106 cm³/mol. The first-order chi connectivity index (χ1) is 13.0. The van der Waals surface area contributed by atoms with Crippen LogP contribution in [0.4, 0.5) is 21.9 Å². The zero-order chi connectivity index (χ0) is 19.2. The van der Waals surface area contributed by atoms with E-state index in [0.29, 0.717) is 28.6 Å². The van der Waals surface area contributed by atoms with E-state index in [2.05, 4.69) is 21.0 Å². The summed E-state index contributed by atoms with van der Waals surface area (Å²) in [4.78, 5) is 24.8. The summed E-state index contributed by atoms with van der Waals surface area (Å²) in [5, 5.41) is 12.9. The van der Waals surface area contributed by atoms with Crippen molar-refractivity contribution in [3.05, 3.63) is 71.5 Å². The van der Waals surface area contributed by atoms with Gasteiger partial charge in [0.15, 0.2) is 5.69 Å². The van der Waals surface area contributed by atoms with E-state index in [0.717, 1.165) is 0 Å². The molecule has 0 atom stereocenters. The van der Waals surface area contributed by atoms with Gasteiger partial charge in [-0.05, 0) is 43.3 Å². The molecule has 1 aromatic heterocycles. The van der Waals surface area contributed by atoms with E-state index in [4.69, 9.17) is 11.6 Å². The van der Waals surface area contributed by atoms with Gasteiger partial charge in [0.25, 0.3) is 5.91 Å². The molecule has 2 aromatic carbocycles. The number of aryl methyl sites for hydroxylation is 1. The highest BCUT2D eigenvalue weighted by molar-refractivity contribution is 6.30. The van der Waals surface area contributed by atoms with Gasteiger partial charge in [0.1, 0.15) is 0 Å². The minimum absolute atomic E-state index is 0.131. The molecular weight excluding hydrogens is 366 g/mol. The third-order valence-corrected chi connectivity index (χ3v) is 3.93. The number of aromatic nitrogens is 2. The highest BCUT2D eigenvalue weighted by Gasteiger charge is 2.18. The van der Waals surface area contributed by atoms with Crippen molar-refractivity contribution in [1.82, 2.24) is 9.78 Å². The van der Waals surface area contributed by atoms with Crippen LogP contribution in [0, 0.1) is 0 Å². The number of anilines is 3. The van der Waals surface area contributed by atoms with E-state index in [1.165, 1.54) is 0 Å². The van der Waals surface area contributed by atoms with Crippen molar-refractivity contribution in [2.24, 2.45) is 0 Å². The van der Waals surface area contributed by atoms with Gasteiger partial charge in [-0.1, -0.05) is 29.8 Å². The molecule has 27 heavy (non-hydrogen) atoms. The predicted octanol–water partition coefficient (Wildman–Crippen LogP) is 4.45. The average Bonchev–Trinajstić information content (AvgIpc) is 3.07. The molecule has 3 N–H and O–H groups in total. The molecule has 3 amide bonds. The zero-order valence-corrected chi connectivity index (χ0v) is 15.3. The SMILES string of the molecule is CCn1cc(NC(=O)Nc2ccc(Cl)cc2)c(C(=O)Nc2ccccc2)n1. The van der Waals surface area contributed by atoms with Crippen molar-refractivity contribution in [3.8, 4) is 0 Å². The summed E-state index contributed by atoms with van der Waals surface area (Å²) < 4.78 is 1.58. The van der Waals surface area contributed by atoms with Crippen molar-refractivity contribution < 1.29 is 9.59 Å². The Morgan fingerprint density at radius 3 is 2.30 bits per heavy atom. The lowest BCUT2D eigenvalue weighted by Crippen LogP contribution is -2.22. The second-order valence-electron chi connectivity index (χ2n) is 5.65. The summed E-state index contributed by atoms with van der Waals surface area (Å²) in [5.74, 6) is -0.407. The van der Waals surface area contributed by atoms with Crippen molar-refractivity contribution in [1.29, 1.82) is 0 Å². The lowest BCUT2D eigenvalue weighted by atomic mass is 10.3. The summed E-state index contributed by atoms with van der Waals surface area (Å²) >= 11 is 5.84. The monoisotopic (exact) mass is 383 g/mol. The van der Waals surface area contributed by atoms with E-state index in [-0.39, 0.29) is 5.69 Å². The molecule has 1 heterocycles. The van der Waals surface area contributed by atoms with Crippen LogP contribution < -0.4 is 16.0 Å². The topological polar surface area (TPSA) is 88.0 Å². The number of hydrogen-bond acceptors (Lipinski definition) is 3. The molecular formula is C19H18ClN5O2. The number of carbonyl (C=O) groups is 2. The molecule has 0 saturated heterocycles. The minimum Gasteiger partial charge on any atom is -0.321 e. The van der Waals surface area contributed by atoms with Crippen LogP contribution in [-0.2, 0) is 6.54 Å². The fourth-order valence-corrected chi connectivity index (χ4v) is 2.50. The Morgan fingerprint density at radius 1 is 0.963 bits per heavy atom. The number of nitrogens with zero attached hydrogens (tertiary/aromatic N) is 2. The summed E-state index contributed by atoms with van der Waals surface area (Å²) in [6, 6.07) is 15.3. The van der Waals surface area contributed by atoms with E-state index >= 15 is 0 Å². The Bertz CT molecular complexity index is 938. The Kier molecular flexibility index (Phi) is 5.73. The molecule has 7 nitrogen and oxygen atoms in total. The maximum atomic E-state index is 12.6. The number of para-hydroxylation sites is 1. The Labute approximate surface area is 161 Å². The molecule has 0 spiro atoms. The maximum absolute atomic E-state index is 12.6. The molecule has 0 radical (unpaired) electrons. The normalized spacial score (nSPS) is 10.3. The summed E-state index contributed by atoms with van der Waals surface area (Å²) in [5.41, 5.74) is 1.67. The number of hydrogen-bond donors (Lipinski definition) is 3. The summed E-state index contributed by atoms with van der Waals surface area (Å²) in [7, 11) is 0. The van der Waals surface area contributed by atoms with E-state index in [9.17, 15) is 9.59 Å². The molecule has 8 heteroatoms. The van der Waals surface area contributed by atoms with Gasteiger partial charge in [0, 0.05) is 29.1 Å². The molecule has 3 rings (SSSR count). The molecule has 138 valence electrons. The van der Waals surface area contributed by atoms with Crippen molar-refractivity contribution >= 4 is 40.6 Å². The van der Waals surface area contributed by atoms with Crippen molar-refractivity contribution in [3.63, 3.8) is 0 Å². The van der Waals surface area contributed by atoms with Crippen LogP contribution in [0.25, 0.3) is 0 Å². The smallest absolute Gasteiger partial charge is 0.321 e. The maximum Gasteiger partial charge on any atom is 0.323 e. The third-order valence-electron chi connectivity index (χ3n) is 3.68. The fourth-order valence-electron chi connectivity index (χ4n) is 2.37. The second kappa shape index (κ2) is 8.37. The fraction of sp³-hybridized carbons (Fsp3) is 0.105. The molecule has 0 bridgehead atoms. The molecule has 0 aliphatic heterocycles. The van der Waals surface area contributed by atoms with Gasteiger partial charge in [-0.2, -0.15) is 5.10 Å². The highest BCUT2D eigenvalue weighted by Crippen LogP contribution is 2.18. The standard InChI is InChI=1S/C19H18ClN5O2/c1-2-25-12-16(23-19(27)22-15-10-8-13(20)9-11-15)17(24-25)18(26)21-14-6-4-3-5-7-14/h3-12H,2H2,1H3,(H,21,26)(H2,22,23,27). The molecule has 0 fully saturated rings. The van der Waals surface area contributed by atoms with Crippen LogP contribution >= 0.6 is 11.6 Å². The highest BCUT2D eigenvalue weighted by atomic mass is 35.5. The van der Waals surface area contributed by atoms with Crippen LogP contribution in [0.15, 0.2) is 60.8 Å². The molecule has 0 aliphatic carbocycles. The van der Waals surface area contributed by atoms with E-state index in [1.54, 1.807) is 47.3 Å². The van der Waals surface area contributed by atoms with Crippen LogP contribution in [0.5, 0.6) is 0 Å². The number of carbonyl (C=O) groups excluding carboxylic acids is 2. The van der Waals surface area contributed by atoms with Gasteiger partial charge in [-0.25, -0.2) is 4.79 Å². The molecule has 3 aromatic rings. The number of halogens is 1. The quantitative estimate of drug-likeness (QED) is 0.608. The summed E-state index contributed by atoms with van der Waals surface area (Å²) in [6.07, 6.45) is 1.61. The van der Waals surface area contributed by atoms with Crippen LogP contribution in [0.2, 0.25) is 5.02 Å². The van der Waals surface area contributed by atoms with Gasteiger partial charge in [-0.3, -0.25) is 9.48 Å². The van der Waals surface area contributed by atoms with Gasteiger partial charge < -0.3 is 16.0 Å². The van der Waals surface area contributed by atoms with E-state index < -0.39 is 11.9 Å². The minimum atomic E-state index is -0.485. The lowest BCUT2D eigenvalue weighted by Gasteiger charge is -2.08. The first-order valence-electron chi connectivity index (χ1n) is 8.32. The lowest BCUT2D eigenvalue weighted by molar-refractivity contribution is 0.102. The van der Waals surface area contributed by atoms with Gasteiger partial charge in [0.05, 0.1) is 5.69 Å². The Hall–Kier alpha value is -3.32. The number of benzene rings is 2. The number of nitrogens with one attached hydrogen (secondary N) is 3. The first-order valence-corrected chi connectivity index (χ1v) is 8.70. The van der Waals surface area contributed by atoms with E-state index in [1.807, 2.05) is 25.1 Å². The largest absolute Gasteiger partial charge is 0.323 e. The van der Waals surface area contributed by atoms with Crippen LogP contribution in [0.3, 0.4) is 0 Å². The molecule has 0 unspecified atom stereocenters. The summed E-state index contributed by atoms with van der Waals surface area (Å²) in [6.45, 7) is 2.45.